The van der Waals surface area contributed by atoms with Crippen LogP contribution < -0.4 is 5.14 Å². The molecule has 0 fully saturated rings. The summed E-state index contributed by atoms with van der Waals surface area (Å²) >= 11 is 10.8. The van der Waals surface area contributed by atoms with Crippen LogP contribution in [-0.4, -0.2) is 29.6 Å². The van der Waals surface area contributed by atoms with Gasteiger partial charge in [-0.2, -0.15) is 5.10 Å². The van der Waals surface area contributed by atoms with Crippen molar-refractivity contribution in [3.8, 4) is 0 Å². The van der Waals surface area contributed by atoms with Gasteiger partial charge in [-0.15, -0.1) is 0 Å². The van der Waals surface area contributed by atoms with E-state index in [1.54, 1.807) is 36.7 Å². The average Bonchev–Trinajstić information content (AvgIpc) is 3.06. The van der Waals surface area contributed by atoms with Gasteiger partial charge in [0.15, 0.2) is 0 Å². The monoisotopic (exact) mass is 393 g/mol. The van der Waals surface area contributed by atoms with Crippen LogP contribution in [0.25, 0.3) is 0 Å². The zero-order valence-corrected chi connectivity index (χ0v) is 15.6. The standard InChI is InChI=1S/C7H4Cl2O.C5H13NO2S.C3H4N2/c8-6-4-2-1-3-5(6)7(9)10;1-2-3-4-5-9(6,7)8;1-2-4-5-3-1/h1-4H;2-5H2,1H3,(H2,6,7,8);1-3H,(H,4,5). The van der Waals surface area contributed by atoms with Gasteiger partial charge in [0.1, 0.15) is 0 Å². The van der Waals surface area contributed by atoms with Crippen LogP contribution in [0.4, 0.5) is 0 Å². The van der Waals surface area contributed by atoms with Crippen LogP contribution in [0.15, 0.2) is 42.7 Å². The number of rotatable bonds is 5. The van der Waals surface area contributed by atoms with Crippen LogP contribution in [0.2, 0.25) is 5.02 Å². The second-order valence-electron chi connectivity index (χ2n) is 4.59. The van der Waals surface area contributed by atoms with E-state index in [4.69, 9.17) is 28.3 Å². The van der Waals surface area contributed by atoms with Gasteiger partial charge in [0, 0.05) is 12.4 Å². The van der Waals surface area contributed by atoms with E-state index < -0.39 is 15.3 Å². The van der Waals surface area contributed by atoms with Crippen molar-refractivity contribution < 1.29 is 13.2 Å². The zero-order valence-electron chi connectivity index (χ0n) is 13.3. The van der Waals surface area contributed by atoms with Crippen LogP contribution >= 0.6 is 23.2 Å². The number of carbonyl (C=O) groups is 1. The lowest BCUT2D eigenvalue weighted by molar-refractivity contribution is 0.108. The summed E-state index contributed by atoms with van der Waals surface area (Å²) in [5.41, 5.74) is 0.353. The lowest BCUT2D eigenvalue weighted by atomic mass is 10.2. The number of halogens is 2. The van der Waals surface area contributed by atoms with E-state index in [1.165, 1.54) is 0 Å². The Morgan fingerprint density at radius 1 is 1.25 bits per heavy atom. The lowest BCUT2D eigenvalue weighted by Crippen LogP contribution is -2.16. The van der Waals surface area contributed by atoms with Gasteiger partial charge in [-0.25, -0.2) is 13.6 Å². The van der Waals surface area contributed by atoms with Crippen molar-refractivity contribution in [2.45, 2.75) is 26.2 Å². The topological polar surface area (TPSA) is 106 Å². The fourth-order valence-electron chi connectivity index (χ4n) is 1.39. The van der Waals surface area contributed by atoms with Gasteiger partial charge < -0.3 is 0 Å². The van der Waals surface area contributed by atoms with Crippen molar-refractivity contribution in [1.82, 2.24) is 10.2 Å². The van der Waals surface area contributed by atoms with Gasteiger partial charge >= 0.3 is 0 Å². The first kappa shape index (κ1) is 22.6. The predicted octanol–water partition coefficient (Wildman–Crippen LogP) is 3.59. The highest BCUT2D eigenvalue weighted by Gasteiger charge is 2.04. The van der Waals surface area contributed by atoms with Gasteiger partial charge in [-0.05, 0) is 36.2 Å². The van der Waals surface area contributed by atoms with Gasteiger partial charge in [0.2, 0.25) is 10.0 Å². The van der Waals surface area contributed by atoms with Crippen molar-refractivity contribution in [2.75, 3.05) is 5.75 Å². The SMILES string of the molecule is CCCCCS(N)(=O)=O.O=C(Cl)c1ccccc1Cl.c1cn[nH]c1. The maximum absolute atomic E-state index is 10.5. The molecule has 0 saturated heterocycles. The summed E-state index contributed by atoms with van der Waals surface area (Å²) in [4.78, 5) is 10.5. The Labute approximate surface area is 152 Å². The van der Waals surface area contributed by atoms with Crippen molar-refractivity contribution >= 4 is 38.5 Å². The Hall–Kier alpha value is -1.41. The first-order valence-electron chi connectivity index (χ1n) is 7.16. The van der Waals surface area contributed by atoms with Gasteiger partial charge in [0.25, 0.3) is 5.24 Å². The molecule has 6 nitrogen and oxygen atoms in total. The Morgan fingerprint density at radius 3 is 2.25 bits per heavy atom. The molecule has 1 heterocycles. The quantitative estimate of drug-likeness (QED) is 0.597. The molecule has 134 valence electrons. The third-order valence-corrected chi connectivity index (χ3v) is 3.91. The van der Waals surface area contributed by atoms with Crippen molar-refractivity contribution in [3.63, 3.8) is 0 Å². The molecule has 1 aromatic heterocycles. The average molecular weight is 394 g/mol. The van der Waals surface area contributed by atoms with E-state index in [0.717, 1.165) is 12.8 Å². The number of aromatic amines is 1. The molecule has 0 saturated carbocycles. The summed E-state index contributed by atoms with van der Waals surface area (Å²) in [6.07, 6.45) is 6.11. The van der Waals surface area contributed by atoms with E-state index in [9.17, 15) is 13.2 Å². The molecule has 0 bridgehead atoms. The third kappa shape index (κ3) is 13.1. The molecule has 0 aliphatic rings. The highest BCUT2D eigenvalue weighted by Crippen LogP contribution is 2.16. The van der Waals surface area contributed by atoms with Gasteiger partial charge in [-0.1, -0.05) is 43.5 Å². The third-order valence-electron chi connectivity index (χ3n) is 2.52. The van der Waals surface area contributed by atoms with Crippen LogP contribution in [0, 0.1) is 0 Å². The number of nitrogens with two attached hydrogens (primary N) is 1. The molecule has 0 radical (unpaired) electrons. The molecule has 1 aromatic carbocycles. The Kier molecular flexibility index (Phi) is 12.2. The Bertz CT molecular complexity index is 660. The molecule has 0 amide bonds. The van der Waals surface area contributed by atoms with Crippen molar-refractivity contribution in [2.24, 2.45) is 5.14 Å². The number of sulfonamides is 1. The molecule has 2 rings (SSSR count). The summed E-state index contributed by atoms with van der Waals surface area (Å²) in [5, 5.41) is 10.8. The number of carbonyl (C=O) groups excluding carboxylic acids is 1. The minimum absolute atomic E-state index is 0.126. The smallest absolute Gasteiger partial charge is 0.253 e. The largest absolute Gasteiger partial charge is 0.286 e. The number of aromatic nitrogens is 2. The molecular formula is C15H21Cl2N3O3S. The molecule has 2 aromatic rings. The summed E-state index contributed by atoms with van der Waals surface area (Å²) < 4.78 is 20.6. The van der Waals surface area contributed by atoms with E-state index in [1.807, 2.05) is 13.0 Å². The lowest BCUT2D eigenvalue weighted by Gasteiger charge is -1.94. The first-order chi connectivity index (χ1) is 11.3. The molecule has 0 spiro atoms. The van der Waals surface area contributed by atoms with E-state index >= 15 is 0 Å². The van der Waals surface area contributed by atoms with Crippen LogP contribution in [-0.2, 0) is 10.0 Å². The minimum Gasteiger partial charge on any atom is -0.286 e. The summed E-state index contributed by atoms with van der Waals surface area (Å²) in [6.45, 7) is 2.02. The number of unbranched alkanes of at least 4 members (excludes halogenated alkanes) is 2. The van der Waals surface area contributed by atoms with Crippen molar-refractivity contribution in [1.29, 1.82) is 0 Å². The summed E-state index contributed by atoms with van der Waals surface area (Å²) in [6, 6.07) is 8.49. The van der Waals surface area contributed by atoms with Crippen LogP contribution in [0.3, 0.4) is 0 Å². The second kappa shape index (κ2) is 12.9. The number of hydrogen-bond acceptors (Lipinski definition) is 4. The second-order valence-corrected chi connectivity index (χ2v) is 7.08. The molecule has 0 aliphatic carbocycles. The fourth-order valence-corrected chi connectivity index (χ4v) is 2.43. The maximum Gasteiger partial charge on any atom is 0.253 e. The number of hydrogen-bond donors (Lipinski definition) is 2. The molecule has 0 unspecified atom stereocenters. The molecule has 3 N–H and O–H groups in total. The van der Waals surface area contributed by atoms with Crippen LogP contribution in [0.5, 0.6) is 0 Å². The summed E-state index contributed by atoms with van der Waals surface area (Å²) in [7, 11) is -3.20. The van der Waals surface area contributed by atoms with Gasteiger partial charge in [-0.3, -0.25) is 9.89 Å². The van der Waals surface area contributed by atoms with Crippen LogP contribution in [0.1, 0.15) is 36.5 Å². The number of nitrogens with one attached hydrogen (secondary N) is 1. The maximum atomic E-state index is 10.5. The number of primary sulfonamides is 1. The normalized spacial score (nSPS) is 10.0. The molecule has 0 atom stereocenters. The number of benzene rings is 1. The molecular weight excluding hydrogens is 373 g/mol. The van der Waals surface area contributed by atoms with E-state index in [0.29, 0.717) is 17.0 Å². The fraction of sp³-hybridized carbons (Fsp3) is 0.333. The Morgan fingerprint density at radius 2 is 1.92 bits per heavy atom. The van der Waals surface area contributed by atoms with E-state index in [-0.39, 0.29) is 5.75 Å². The number of nitrogens with zero attached hydrogens (tertiary/aromatic N) is 1. The van der Waals surface area contributed by atoms with Gasteiger partial charge in [0.05, 0.1) is 16.3 Å². The minimum atomic E-state index is -3.20. The molecule has 24 heavy (non-hydrogen) atoms. The number of H-pyrrole nitrogens is 1. The molecule has 9 heteroatoms. The summed E-state index contributed by atoms with van der Waals surface area (Å²) in [5.74, 6) is 0.126. The van der Waals surface area contributed by atoms with Crippen molar-refractivity contribution in [3.05, 3.63) is 53.3 Å². The highest BCUT2D eigenvalue weighted by molar-refractivity contribution is 7.89. The predicted molar refractivity (Wildman–Crippen MR) is 97.7 cm³/mol. The van der Waals surface area contributed by atoms with E-state index in [2.05, 4.69) is 10.2 Å². The zero-order chi connectivity index (χ0) is 18.4. The first-order valence-corrected chi connectivity index (χ1v) is 9.63. The highest BCUT2D eigenvalue weighted by atomic mass is 35.5. The molecule has 0 aliphatic heterocycles. The Balaban J connectivity index is 0.000000347.